The van der Waals surface area contributed by atoms with Gasteiger partial charge >= 0.3 is 5.69 Å². The first kappa shape index (κ1) is 14.2. The topological polar surface area (TPSA) is 73.0 Å². The molecule has 1 saturated carbocycles. The second-order valence-corrected chi connectivity index (χ2v) is 6.47. The van der Waals surface area contributed by atoms with Crippen LogP contribution >= 0.6 is 11.8 Å². The number of nitrogens with zero attached hydrogens (tertiary/aromatic N) is 3. The molecular weight excluding hydrogens is 264 g/mol. The number of anilines is 1. The van der Waals surface area contributed by atoms with E-state index in [1.54, 1.807) is 18.7 Å². The maximum Gasteiger partial charge on any atom is 0.333 e. The van der Waals surface area contributed by atoms with E-state index < -0.39 is 0 Å². The molecule has 0 spiro atoms. The number of hydrogen-bond donors (Lipinski definition) is 1. The number of nitrogens with one attached hydrogen (secondary N) is 1. The molecule has 106 valence electrons. The summed E-state index contributed by atoms with van der Waals surface area (Å²) in [5.74, 6) is 1.66. The van der Waals surface area contributed by atoms with Gasteiger partial charge in [-0.3, -0.25) is 10.1 Å². The molecule has 0 amide bonds. The van der Waals surface area contributed by atoms with Gasteiger partial charge in [0.1, 0.15) is 5.69 Å². The Balaban J connectivity index is 2.10. The van der Waals surface area contributed by atoms with Gasteiger partial charge in [-0.2, -0.15) is 16.9 Å². The first-order chi connectivity index (χ1) is 9.02. The number of thioether (sulfide) groups is 1. The number of aryl methyl sites for hydroxylation is 2. The summed E-state index contributed by atoms with van der Waals surface area (Å²) in [5, 5.41) is 19.2. The molecule has 2 unspecified atom stereocenters. The third-order valence-electron chi connectivity index (χ3n) is 3.50. The summed E-state index contributed by atoms with van der Waals surface area (Å²) in [7, 11) is 1.75. The Labute approximate surface area is 117 Å². The van der Waals surface area contributed by atoms with E-state index in [2.05, 4.69) is 17.3 Å². The third kappa shape index (κ3) is 3.02. The molecule has 1 aliphatic rings. The zero-order valence-electron chi connectivity index (χ0n) is 11.5. The van der Waals surface area contributed by atoms with Crippen LogP contribution in [0.3, 0.4) is 0 Å². The minimum Gasteiger partial charge on any atom is -0.362 e. The Hall–Kier alpha value is -1.24. The lowest BCUT2D eigenvalue weighted by Gasteiger charge is -2.13. The number of hydrogen-bond acceptors (Lipinski definition) is 5. The second kappa shape index (κ2) is 5.81. The second-order valence-electron chi connectivity index (χ2n) is 4.90. The normalized spacial score (nSPS) is 22.7. The standard InChI is InChI=1S/C12H20N4O2S/c1-4-19-10-6-5-9(7-10)13-12-11(16(17)18)8(2)14-15(12)3/h9-10,13H,4-7H2,1-3H3. The summed E-state index contributed by atoms with van der Waals surface area (Å²) in [6.07, 6.45) is 3.32. The quantitative estimate of drug-likeness (QED) is 0.665. The van der Waals surface area contributed by atoms with Crippen molar-refractivity contribution in [1.29, 1.82) is 0 Å². The molecule has 1 N–H and O–H groups in total. The van der Waals surface area contributed by atoms with Crippen LogP contribution < -0.4 is 5.32 Å². The summed E-state index contributed by atoms with van der Waals surface area (Å²) in [4.78, 5) is 10.8. The van der Waals surface area contributed by atoms with Crippen LogP contribution in [0.15, 0.2) is 0 Å². The van der Waals surface area contributed by atoms with Crippen molar-refractivity contribution < 1.29 is 4.92 Å². The fourth-order valence-corrected chi connectivity index (χ4v) is 3.82. The monoisotopic (exact) mass is 284 g/mol. The van der Waals surface area contributed by atoms with Crippen molar-refractivity contribution in [3.8, 4) is 0 Å². The average molecular weight is 284 g/mol. The van der Waals surface area contributed by atoms with Crippen LogP contribution in [0.2, 0.25) is 0 Å². The first-order valence-electron chi connectivity index (χ1n) is 6.59. The van der Waals surface area contributed by atoms with Crippen molar-refractivity contribution >= 4 is 23.3 Å². The smallest absolute Gasteiger partial charge is 0.333 e. The van der Waals surface area contributed by atoms with Gasteiger partial charge < -0.3 is 5.32 Å². The van der Waals surface area contributed by atoms with Gasteiger partial charge in [-0.05, 0) is 31.9 Å². The molecule has 0 radical (unpaired) electrons. The van der Waals surface area contributed by atoms with E-state index in [-0.39, 0.29) is 10.6 Å². The summed E-state index contributed by atoms with van der Waals surface area (Å²) in [6, 6.07) is 0.317. The van der Waals surface area contributed by atoms with Gasteiger partial charge in [-0.15, -0.1) is 0 Å². The largest absolute Gasteiger partial charge is 0.362 e. The Morgan fingerprint density at radius 1 is 1.58 bits per heavy atom. The zero-order valence-corrected chi connectivity index (χ0v) is 12.4. The summed E-state index contributed by atoms with van der Waals surface area (Å²) < 4.78 is 1.58. The SMILES string of the molecule is CCSC1CCC(Nc2c([N+](=O)[O-])c(C)nn2C)C1. The third-order valence-corrected chi connectivity index (χ3v) is 4.73. The number of aromatic nitrogens is 2. The van der Waals surface area contributed by atoms with E-state index in [1.165, 1.54) is 6.42 Å². The van der Waals surface area contributed by atoms with E-state index in [1.807, 2.05) is 11.8 Å². The minimum atomic E-state index is -0.349. The number of rotatable bonds is 5. The molecule has 0 aliphatic heterocycles. The van der Waals surface area contributed by atoms with Crippen molar-refractivity contribution in [3.05, 3.63) is 15.8 Å². The van der Waals surface area contributed by atoms with Crippen LogP contribution in [0.1, 0.15) is 31.9 Å². The average Bonchev–Trinajstić information content (AvgIpc) is 2.86. The highest BCUT2D eigenvalue weighted by molar-refractivity contribution is 7.99. The first-order valence-corrected chi connectivity index (χ1v) is 7.64. The highest BCUT2D eigenvalue weighted by atomic mass is 32.2. The van der Waals surface area contributed by atoms with Gasteiger partial charge in [0, 0.05) is 18.3 Å². The van der Waals surface area contributed by atoms with Crippen LogP contribution in [0.5, 0.6) is 0 Å². The maximum atomic E-state index is 11.1. The Morgan fingerprint density at radius 2 is 2.32 bits per heavy atom. The van der Waals surface area contributed by atoms with Crippen LogP contribution in [-0.4, -0.2) is 31.7 Å². The lowest BCUT2D eigenvalue weighted by Crippen LogP contribution is -2.19. The predicted molar refractivity (Wildman–Crippen MR) is 77.8 cm³/mol. The molecule has 0 saturated heterocycles. The highest BCUT2D eigenvalue weighted by Crippen LogP contribution is 2.34. The fraction of sp³-hybridized carbons (Fsp3) is 0.750. The van der Waals surface area contributed by atoms with E-state index in [4.69, 9.17) is 0 Å². The molecule has 1 aromatic rings. The molecule has 1 fully saturated rings. The molecule has 1 heterocycles. The zero-order chi connectivity index (χ0) is 14.0. The molecule has 1 aromatic heterocycles. The predicted octanol–water partition coefficient (Wildman–Crippen LogP) is 2.72. The lowest BCUT2D eigenvalue weighted by molar-refractivity contribution is -0.384. The van der Waals surface area contributed by atoms with Crippen molar-refractivity contribution in [3.63, 3.8) is 0 Å². The Kier molecular flexibility index (Phi) is 4.34. The number of nitro groups is 1. The summed E-state index contributed by atoms with van der Waals surface area (Å²) in [5.41, 5.74) is 0.571. The summed E-state index contributed by atoms with van der Waals surface area (Å²) in [6.45, 7) is 3.84. The van der Waals surface area contributed by atoms with Crippen LogP contribution in [0, 0.1) is 17.0 Å². The molecule has 2 rings (SSSR count). The van der Waals surface area contributed by atoms with Crippen molar-refractivity contribution in [2.45, 2.75) is 44.4 Å². The van der Waals surface area contributed by atoms with Gasteiger partial charge in [0.15, 0.2) is 0 Å². The van der Waals surface area contributed by atoms with Crippen molar-refractivity contribution in [2.24, 2.45) is 7.05 Å². The Bertz CT molecular complexity index is 475. The molecule has 1 aliphatic carbocycles. The van der Waals surface area contributed by atoms with Crippen molar-refractivity contribution in [2.75, 3.05) is 11.1 Å². The lowest BCUT2D eigenvalue weighted by atomic mass is 10.2. The van der Waals surface area contributed by atoms with E-state index in [0.717, 1.165) is 18.6 Å². The van der Waals surface area contributed by atoms with E-state index in [0.29, 0.717) is 22.8 Å². The van der Waals surface area contributed by atoms with E-state index in [9.17, 15) is 10.1 Å². The molecule has 0 aromatic carbocycles. The highest BCUT2D eigenvalue weighted by Gasteiger charge is 2.29. The minimum absolute atomic E-state index is 0.106. The molecule has 0 bridgehead atoms. The van der Waals surface area contributed by atoms with Crippen LogP contribution in [0.4, 0.5) is 11.5 Å². The molecular formula is C12H20N4O2S. The molecule has 19 heavy (non-hydrogen) atoms. The Morgan fingerprint density at radius 3 is 2.95 bits per heavy atom. The molecule has 2 atom stereocenters. The van der Waals surface area contributed by atoms with Gasteiger partial charge in [-0.1, -0.05) is 6.92 Å². The molecule has 7 heteroatoms. The molecule has 6 nitrogen and oxygen atoms in total. The van der Waals surface area contributed by atoms with Gasteiger partial charge in [-0.25, -0.2) is 4.68 Å². The van der Waals surface area contributed by atoms with E-state index >= 15 is 0 Å². The van der Waals surface area contributed by atoms with Crippen LogP contribution in [-0.2, 0) is 7.05 Å². The van der Waals surface area contributed by atoms with Gasteiger partial charge in [0.2, 0.25) is 5.82 Å². The van der Waals surface area contributed by atoms with Crippen LogP contribution in [0.25, 0.3) is 0 Å². The van der Waals surface area contributed by atoms with Gasteiger partial charge in [0.25, 0.3) is 0 Å². The maximum absolute atomic E-state index is 11.1. The summed E-state index contributed by atoms with van der Waals surface area (Å²) >= 11 is 1.98. The van der Waals surface area contributed by atoms with Crippen molar-refractivity contribution in [1.82, 2.24) is 9.78 Å². The fourth-order valence-electron chi connectivity index (χ4n) is 2.68. The van der Waals surface area contributed by atoms with Gasteiger partial charge in [0.05, 0.1) is 4.92 Å².